The highest BCUT2D eigenvalue weighted by Gasteiger charge is 2.15. The summed E-state index contributed by atoms with van der Waals surface area (Å²) in [7, 11) is 0. The number of nitrogens with one attached hydrogen (secondary N) is 1. The molecule has 2 aromatic rings. The second-order valence-electron chi connectivity index (χ2n) is 4.03. The molecular formula is C12H13ClFN3S. The number of pyridine rings is 1. The monoisotopic (exact) mass is 285 g/mol. The molecule has 0 spiro atoms. The van der Waals surface area contributed by atoms with Crippen LogP contribution in [0, 0.1) is 19.7 Å². The first kappa shape index (κ1) is 13.2. The van der Waals surface area contributed by atoms with Gasteiger partial charge in [0, 0.05) is 11.1 Å². The molecule has 1 atom stereocenters. The molecule has 0 amide bonds. The van der Waals surface area contributed by atoms with Crippen molar-refractivity contribution in [1.29, 1.82) is 0 Å². The average molecular weight is 286 g/mol. The molecule has 96 valence electrons. The number of hydrogen-bond donors (Lipinski definition) is 1. The van der Waals surface area contributed by atoms with Gasteiger partial charge in [-0.15, -0.1) is 11.3 Å². The molecule has 1 N–H and O–H groups in total. The predicted octanol–water partition coefficient (Wildman–Crippen LogP) is 4.12. The van der Waals surface area contributed by atoms with Crippen LogP contribution in [0.3, 0.4) is 0 Å². The molecule has 2 rings (SSSR count). The Hall–Kier alpha value is -1.20. The Morgan fingerprint density at radius 1 is 1.44 bits per heavy atom. The molecule has 0 aliphatic rings. The van der Waals surface area contributed by atoms with Gasteiger partial charge in [-0.3, -0.25) is 0 Å². The van der Waals surface area contributed by atoms with Crippen LogP contribution >= 0.6 is 22.9 Å². The van der Waals surface area contributed by atoms with Crippen molar-refractivity contribution < 1.29 is 4.39 Å². The van der Waals surface area contributed by atoms with E-state index in [1.54, 1.807) is 11.3 Å². The zero-order valence-corrected chi connectivity index (χ0v) is 11.9. The summed E-state index contributed by atoms with van der Waals surface area (Å²) in [5.41, 5.74) is 0.965. The molecule has 3 nitrogen and oxygen atoms in total. The van der Waals surface area contributed by atoms with Gasteiger partial charge in [-0.2, -0.15) is 0 Å². The fourth-order valence-electron chi connectivity index (χ4n) is 1.74. The molecule has 0 fully saturated rings. The summed E-state index contributed by atoms with van der Waals surface area (Å²) in [6.07, 6.45) is 1.42. The fraction of sp³-hybridized carbons (Fsp3) is 0.333. The highest BCUT2D eigenvalue weighted by atomic mass is 35.5. The van der Waals surface area contributed by atoms with Crippen LogP contribution in [0.4, 0.5) is 10.2 Å². The Morgan fingerprint density at radius 3 is 2.72 bits per heavy atom. The van der Waals surface area contributed by atoms with E-state index in [0.717, 1.165) is 15.6 Å². The van der Waals surface area contributed by atoms with Gasteiger partial charge in [-0.05, 0) is 26.8 Å². The average Bonchev–Trinajstić information content (AvgIpc) is 2.62. The van der Waals surface area contributed by atoms with Crippen LogP contribution < -0.4 is 5.32 Å². The van der Waals surface area contributed by atoms with Crippen LogP contribution in [0.1, 0.15) is 28.5 Å². The molecule has 0 aromatic carbocycles. The zero-order valence-electron chi connectivity index (χ0n) is 10.3. The second-order valence-corrected chi connectivity index (χ2v) is 5.70. The van der Waals surface area contributed by atoms with Crippen molar-refractivity contribution in [3.8, 4) is 0 Å². The lowest BCUT2D eigenvalue weighted by molar-refractivity contribution is 0.621. The molecule has 0 aliphatic heterocycles. The normalized spacial score (nSPS) is 12.5. The molecular weight excluding hydrogens is 273 g/mol. The number of hydrogen-bond acceptors (Lipinski definition) is 4. The Kier molecular flexibility index (Phi) is 3.82. The van der Waals surface area contributed by atoms with Crippen molar-refractivity contribution in [2.45, 2.75) is 26.8 Å². The third-order valence-electron chi connectivity index (χ3n) is 2.49. The first-order chi connectivity index (χ1) is 8.47. The van der Waals surface area contributed by atoms with Crippen molar-refractivity contribution in [2.75, 3.05) is 5.32 Å². The Labute approximate surface area is 114 Å². The van der Waals surface area contributed by atoms with Crippen LogP contribution in [0.2, 0.25) is 5.02 Å². The van der Waals surface area contributed by atoms with Gasteiger partial charge < -0.3 is 5.32 Å². The first-order valence-electron chi connectivity index (χ1n) is 5.49. The zero-order chi connectivity index (χ0) is 13.3. The Bertz CT molecular complexity index is 570. The third kappa shape index (κ3) is 2.79. The maximum Gasteiger partial charge on any atom is 0.166 e. The molecule has 1 unspecified atom stereocenters. The highest BCUT2D eigenvalue weighted by molar-refractivity contribution is 7.11. The molecule has 18 heavy (non-hydrogen) atoms. The highest BCUT2D eigenvalue weighted by Crippen LogP contribution is 2.28. The van der Waals surface area contributed by atoms with Gasteiger partial charge in [-0.1, -0.05) is 11.6 Å². The molecule has 0 saturated heterocycles. The lowest BCUT2D eigenvalue weighted by Gasteiger charge is -2.14. The van der Waals surface area contributed by atoms with E-state index >= 15 is 0 Å². The van der Waals surface area contributed by atoms with Gasteiger partial charge in [0.2, 0.25) is 0 Å². The fourth-order valence-corrected chi connectivity index (χ4v) is 2.81. The second kappa shape index (κ2) is 5.20. The molecule has 2 aromatic heterocycles. The van der Waals surface area contributed by atoms with Crippen molar-refractivity contribution in [1.82, 2.24) is 9.97 Å². The van der Waals surface area contributed by atoms with Gasteiger partial charge in [0.1, 0.15) is 0 Å². The van der Waals surface area contributed by atoms with Crippen molar-refractivity contribution in [3.05, 3.63) is 38.7 Å². The summed E-state index contributed by atoms with van der Waals surface area (Å²) in [6.45, 7) is 5.85. The SMILES string of the molecule is Cc1nc(C)c(C(C)Nc2ncc(Cl)cc2F)s1. The number of aryl methyl sites for hydroxylation is 2. The number of halogens is 2. The number of thiazole rings is 1. The van der Waals surface area contributed by atoms with E-state index in [1.807, 2.05) is 20.8 Å². The quantitative estimate of drug-likeness (QED) is 0.922. The summed E-state index contributed by atoms with van der Waals surface area (Å²) >= 11 is 7.26. The van der Waals surface area contributed by atoms with E-state index in [0.29, 0.717) is 0 Å². The molecule has 0 aliphatic carbocycles. The van der Waals surface area contributed by atoms with Gasteiger partial charge in [0.15, 0.2) is 11.6 Å². The van der Waals surface area contributed by atoms with E-state index in [1.165, 1.54) is 12.3 Å². The number of anilines is 1. The van der Waals surface area contributed by atoms with E-state index in [-0.39, 0.29) is 16.9 Å². The number of rotatable bonds is 3. The minimum Gasteiger partial charge on any atom is -0.360 e. The molecule has 0 radical (unpaired) electrons. The Morgan fingerprint density at radius 2 is 2.17 bits per heavy atom. The van der Waals surface area contributed by atoms with Gasteiger partial charge >= 0.3 is 0 Å². The van der Waals surface area contributed by atoms with Gasteiger partial charge in [-0.25, -0.2) is 14.4 Å². The summed E-state index contributed by atoms with van der Waals surface area (Å²) in [5, 5.41) is 4.32. The van der Waals surface area contributed by atoms with Crippen molar-refractivity contribution >= 4 is 28.8 Å². The smallest absolute Gasteiger partial charge is 0.166 e. The molecule has 0 saturated carbocycles. The number of nitrogens with zero attached hydrogens (tertiary/aromatic N) is 2. The van der Waals surface area contributed by atoms with E-state index in [2.05, 4.69) is 15.3 Å². The largest absolute Gasteiger partial charge is 0.360 e. The topological polar surface area (TPSA) is 37.8 Å². The molecule has 0 bridgehead atoms. The van der Waals surface area contributed by atoms with Crippen LogP contribution in [0.25, 0.3) is 0 Å². The third-order valence-corrected chi connectivity index (χ3v) is 3.96. The van der Waals surface area contributed by atoms with Crippen molar-refractivity contribution in [2.24, 2.45) is 0 Å². The maximum atomic E-state index is 13.6. The number of aromatic nitrogens is 2. The predicted molar refractivity (Wildman–Crippen MR) is 72.8 cm³/mol. The minimum atomic E-state index is -0.451. The van der Waals surface area contributed by atoms with Crippen LogP contribution in [-0.4, -0.2) is 9.97 Å². The lowest BCUT2D eigenvalue weighted by atomic mass is 10.2. The molecule has 2 heterocycles. The minimum absolute atomic E-state index is 0.0422. The Balaban J connectivity index is 2.21. The van der Waals surface area contributed by atoms with Crippen LogP contribution in [-0.2, 0) is 0 Å². The van der Waals surface area contributed by atoms with E-state index in [9.17, 15) is 4.39 Å². The van der Waals surface area contributed by atoms with Crippen molar-refractivity contribution in [3.63, 3.8) is 0 Å². The van der Waals surface area contributed by atoms with E-state index in [4.69, 9.17) is 11.6 Å². The van der Waals surface area contributed by atoms with Crippen LogP contribution in [0.5, 0.6) is 0 Å². The lowest BCUT2D eigenvalue weighted by Crippen LogP contribution is -2.09. The van der Waals surface area contributed by atoms with E-state index < -0.39 is 5.82 Å². The standard InChI is InChI=1S/C12H13ClFN3S/c1-6-11(18-8(3)16-6)7(2)17-12-10(14)4-9(13)5-15-12/h4-5,7H,1-3H3,(H,15,17). The first-order valence-corrected chi connectivity index (χ1v) is 6.68. The summed E-state index contributed by atoms with van der Waals surface area (Å²) in [6, 6.07) is 1.20. The van der Waals surface area contributed by atoms with Gasteiger partial charge in [0.25, 0.3) is 0 Å². The van der Waals surface area contributed by atoms with Gasteiger partial charge in [0.05, 0.1) is 21.8 Å². The molecule has 6 heteroatoms. The summed E-state index contributed by atoms with van der Waals surface area (Å²) < 4.78 is 13.6. The maximum absolute atomic E-state index is 13.6. The van der Waals surface area contributed by atoms with Crippen LogP contribution in [0.15, 0.2) is 12.3 Å². The summed E-state index contributed by atoms with van der Waals surface area (Å²) in [4.78, 5) is 9.39. The summed E-state index contributed by atoms with van der Waals surface area (Å²) in [5.74, 6) is -0.245.